The molecule has 0 unspecified atom stereocenters. The van der Waals surface area contributed by atoms with Crippen molar-refractivity contribution >= 4 is 11.6 Å². The fourth-order valence-corrected chi connectivity index (χ4v) is 1.97. The number of carbonyl (C=O) groups excluding carboxylic acids is 1. The van der Waals surface area contributed by atoms with Gasteiger partial charge in [0, 0.05) is 11.8 Å². The van der Waals surface area contributed by atoms with Gasteiger partial charge in [0.1, 0.15) is 6.54 Å². The number of benzene rings is 1. The van der Waals surface area contributed by atoms with Gasteiger partial charge in [-0.25, -0.2) is 4.98 Å². The number of aromatic nitrogens is 2. The van der Waals surface area contributed by atoms with Gasteiger partial charge in [0.25, 0.3) is 5.56 Å². The highest BCUT2D eigenvalue weighted by Crippen LogP contribution is 2.29. The third kappa shape index (κ3) is 4.43. The van der Waals surface area contributed by atoms with Gasteiger partial charge in [-0.1, -0.05) is 13.8 Å². The topological polar surface area (TPSA) is 64.0 Å². The Morgan fingerprint density at radius 3 is 2.38 bits per heavy atom. The molecule has 1 aromatic carbocycles. The molecule has 1 N–H and O–H groups in total. The lowest BCUT2D eigenvalue weighted by atomic mass is 10.1. The Hall–Kier alpha value is -2.64. The van der Waals surface area contributed by atoms with Crippen LogP contribution in [-0.4, -0.2) is 15.5 Å². The number of hydrogen-bond donors (Lipinski definition) is 1. The standard InChI is InChI=1S/C16H16F3N3O2/c1-10(2)13-7-15(24)22(9-20-13)8-14(23)21-12-5-3-11(4-6-12)16(17,18)19/h3-7,9-10H,8H2,1-2H3,(H,21,23). The SMILES string of the molecule is CC(C)c1cc(=O)n(CC(=O)Nc2ccc(C(F)(F)F)cc2)cn1. The zero-order chi connectivity index (χ0) is 17.9. The van der Waals surface area contributed by atoms with Crippen LogP contribution in [0.25, 0.3) is 0 Å². The Balaban J connectivity index is 2.05. The van der Waals surface area contributed by atoms with E-state index in [1.165, 1.54) is 12.4 Å². The Kier molecular flexibility index (Phi) is 5.06. The molecule has 1 aromatic heterocycles. The van der Waals surface area contributed by atoms with Crippen molar-refractivity contribution in [3.05, 3.63) is 58.3 Å². The lowest BCUT2D eigenvalue weighted by Crippen LogP contribution is -2.28. The zero-order valence-corrected chi connectivity index (χ0v) is 13.1. The van der Waals surface area contributed by atoms with Gasteiger partial charge in [0.2, 0.25) is 5.91 Å². The van der Waals surface area contributed by atoms with Gasteiger partial charge in [-0.2, -0.15) is 13.2 Å². The first-order valence-electron chi connectivity index (χ1n) is 7.20. The van der Waals surface area contributed by atoms with Crippen molar-refractivity contribution in [2.75, 3.05) is 5.32 Å². The minimum atomic E-state index is -4.43. The molecule has 128 valence electrons. The van der Waals surface area contributed by atoms with E-state index in [4.69, 9.17) is 0 Å². The summed E-state index contributed by atoms with van der Waals surface area (Å²) in [5, 5.41) is 2.44. The van der Waals surface area contributed by atoms with Gasteiger partial charge >= 0.3 is 6.18 Å². The lowest BCUT2D eigenvalue weighted by Gasteiger charge is -2.10. The van der Waals surface area contributed by atoms with Crippen LogP contribution < -0.4 is 10.9 Å². The third-order valence-electron chi connectivity index (χ3n) is 3.30. The third-order valence-corrected chi connectivity index (χ3v) is 3.30. The molecule has 2 rings (SSSR count). The molecule has 0 radical (unpaired) electrons. The summed E-state index contributed by atoms with van der Waals surface area (Å²) >= 11 is 0. The van der Waals surface area contributed by atoms with E-state index in [1.807, 2.05) is 13.8 Å². The second-order valence-corrected chi connectivity index (χ2v) is 5.56. The average Bonchev–Trinajstić information content (AvgIpc) is 2.48. The van der Waals surface area contributed by atoms with Crippen LogP contribution in [0.4, 0.5) is 18.9 Å². The van der Waals surface area contributed by atoms with Crippen LogP contribution >= 0.6 is 0 Å². The highest BCUT2D eigenvalue weighted by Gasteiger charge is 2.29. The molecular formula is C16H16F3N3O2. The number of rotatable bonds is 4. The summed E-state index contributed by atoms with van der Waals surface area (Å²) < 4.78 is 38.5. The van der Waals surface area contributed by atoms with E-state index in [1.54, 1.807) is 0 Å². The monoisotopic (exact) mass is 339 g/mol. The van der Waals surface area contributed by atoms with Gasteiger partial charge in [-0.15, -0.1) is 0 Å². The van der Waals surface area contributed by atoms with Crippen molar-refractivity contribution in [1.82, 2.24) is 9.55 Å². The molecule has 0 fully saturated rings. The molecular weight excluding hydrogens is 323 g/mol. The summed E-state index contributed by atoms with van der Waals surface area (Å²) in [4.78, 5) is 27.9. The highest BCUT2D eigenvalue weighted by atomic mass is 19.4. The number of alkyl halides is 3. The molecule has 0 aliphatic heterocycles. The van der Waals surface area contributed by atoms with Crippen molar-refractivity contribution < 1.29 is 18.0 Å². The molecule has 0 spiro atoms. The summed E-state index contributed by atoms with van der Waals surface area (Å²) in [5.74, 6) is -0.440. The van der Waals surface area contributed by atoms with Gasteiger partial charge in [0.15, 0.2) is 0 Å². The molecule has 0 saturated heterocycles. The van der Waals surface area contributed by atoms with Crippen LogP contribution in [0.3, 0.4) is 0 Å². The van der Waals surface area contributed by atoms with Crippen molar-refractivity contribution in [3.63, 3.8) is 0 Å². The average molecular weight is 339 g/mol. The van der Waals surface area contributed by atoms with Crippen LogP contribution in [-0.2, 0) is 17.5 Å². The molecule has 24 heavy (non-hydrogen) atoms. The predicted octanol–water partition coefficient (Wildman–Crippen LogP) is 3.02. The van der Waals surface area contributed by atoms with Gasteiger partial charge in [0.05, 0.1) is 17.6 Å². The normalized spacial score (nSPS) is 11.6. The molecule has 8 heteroatoms. The summed E-state index contributed by atoms with van der Waals surface area (Å²) in [6.45, 7) is 3.51. The van der Waals surface area contributed by atoms with Crippen molar-refractivity contribution in [2.24, 2.45) is 0 Å². The minimum Gasteiger partial charge on any atom is -0.325 e. The predicted molar refractivity (Wildman–Crippen MR) is 82.7 cm³/mol. The quantitative estimate of drug-likeness (QED) is 0.931. The maximum Gasteiger partial charge on any atom is 0.416 e. The number of halogens is 3. The van der Waals surface area contributed by atoms with Gasteiger partial charge in [-0.05, 0) is 30.2 Å². The fourth-order valence-electron chi connectivity index (χ4n) is 1.97. The Morgan fingerprint density at radius 2 is 1.88 bits per heavy atom. The van der Waals surface area contributed by atoms with Gasteiger partial charge in [-0.3, -0.25) is 14.2 Å². The lowest BCUT2D eigenvalue weighted by molar-refractivity contribution is -0.137. The van der Waals surface area contributed by atoms with Crippen LogP contribution in [0.1, 0.15) is 31.0 Å². The van der Waals surface area contributed by atoms with E-state index in [9.17, 15) is 22.8 Å². The van der Waals surface area contributed by atoms with Crippen LogP contribution in [0.2, 0.25) is 0 Å². The van der Waals surface area contributed by atoms with Crippen molar-refractivity contribution in [2.45, 2.75) is 32.5 Å². The van der Waals surface area contributed by atoms with E-state index in [0.29, 0.717) is 5.69 Å². The molecule has 0 saturated carbocycles. The summed E-state index contributed by atoms with van der Waals surface area (Å²) in [7, 11) is 0. The zero-order valence-electron chi connectivity index (χ0n) is 13.1. The minimum absolute atomic E-state index is 0.0910. The van der Waals surface area contributed by atoms with Crippen molar-refractivity contribution in [3.8, 4) is 0 Å². The Labute approximate surface area is 136 Å². The molecule has 2 aromatic rings. The molecule has 0 aliphatic carbocycles. The first-order chi connectivity index (χ1) is 11.2. The maximum absolute atomic E-state index is 12.5. The number of nitrogens with zero attached hydrogens (tertiary/aromatic N) is 2. The highest BCUT2D eigenvalue weighted by molar-refractivity contribution is 5.90. The fraction of sp³-hybridized carbons (Fsp3) is 0.312. The van der Waals surface area contributed by atoms with E-state index in [0.717, 1.165) is 28.8 Å². The second kappa shape index (κ2) is 6.86. The van der Waals surface area contributed by atoms with Gasteiger partial charge < -0.3 is 5.32 Å². The first kappa shape index (κ1) is 17.7. The number of anilines is 1. The maximum atomic E-state index is 12.5. The second-order valence-electron chi connectivity index (χ2n) is 5.56. The van der Waals surface area contributed by atoms with Crippen LogP contribution in [0.15, 0.2) is 41.5 Å². The number of carbonyl (C=O) groups is 1. The number of amides is 1. The summed E-state index contributed by atoms with van der Waals surface area (Å²) in [6.07, 6.45) is -3.15. The van der Waals surface area contributed by atoms with Crippen LogP contribution in [0, 0.1) is 0 Å². The van der Waals surface area contributed by atoms with E-state index in [-0.39, 0.29) is 23.7 Å². The van der Waals surface area contributed by atoms with E-state index >= 15 is 0 Å². The van der Waals surface area contributed by atoms with E-state index < -0.39 is 17.6 Å². The summed E-state index contributed by atoms with van der Waals surface area (Å²) in [5.41, 5.74) is -0.325. The summed E-state index contributed by atoms with van der Waals surface area (Å²) in [6, 6.07) is 5.42. The molecule has 1 heterocycles. The molecule has 5 nitrogen and oxygen atoms in total. The first-order valence-corrected chi connectivity index (χ1v) is 7.20. The smallest absolute Gasteiger partial charge is 0.325 e. The molecule has 1 amide bonds. The Morgan fingerprint density at radius 1 is 1.25 bits per heavy atom. The Bertz CT molecular complexity index is 780. The molecule has 0 bridgehead atoms. The van der Waals surface area contributed by atoms with Crippen molar-refractivity contribution in [1.29, 1.82) is 0 Å². The molecule has 0 aliphatic rings. The number of nitrogens with one attached hydrogen (secondary N) is 1. The van der Waals surface area contributed by atoms with E-state index in [2.05, 4.69) is 10.3 Å². The van der Waals surface area contributed by atoms with Crippen LogP contribution in [0.5, 0.6) is 0 Å². The molecule has 0 atom stereocenters. The largest absolute Gasteiger partial charge is 0.416 e. The number of hydrogen-bond acceptors (Lipinski definition) is 3.